The maximum Gasteiger partial charge on any atom is 0.417 e. The number of anilines is 2. The molecular weight excluding hydrogens is 454 g/mol. The summed E-state index contributed by atoms with van der Waals surface area (Å²) in [6, 6.07) is 20.3. The number of rotatable bonds is 6. The summed E-state index contributed by atoms with van der Waals surface area (Å²) in [5, 5.41) is 2.76. The Kier molecular flexibility index (Phi) is 7.14. The van der Waals surface area contributed by atoms with Crippen molar-refractivity contribution in [2.24, 2.45) is 0 Å². The van der Waals surface area contributed by atoms with Gasteiger partial charge in [-0.25, -0.2) is 14.8 Å². The molecule has 2 aromatic heterocycles. The molecule has 0 radical (unpaired) electrons. The van der Waals surface area contributed by atoms with Crippen molar-refractivity contribution in [3.63, 3.8) is 0 Å². The zero-order valence-electron chi connectivity index (χ0n) is 20.1. The molecule has 1 saturated heterocycles. The standard InChI is InChI=1S/C28H27N5O3/c1-2-24-25(20-12-14-29-15-13-20)31-26(32-27(24)33-16-18-35-19-17-33)21-8-10-22(11-9-21)30-28(34)36-23-6-4-3-5-7-23/h3-15H,2,16-19H2,1H3,(H,30,34). The molecule has 2 aromatic carbocycles. The number of benzene rings is 2. The van der Waals surface area contributed by atoms with Crippen LogP contribution >= 0.6 is 0 Å². The molecule has 1 aliphatic rings. The third-order valence-corrected chi connectivity index (χ3v) is 5.95. The highest BCUT2D eigenvalue weighted by Crippen LogP contribution is 2.32. The molecule has 4 aromatic rings. The highest BCUT2D eigenvalue weighted by atomic mass is 16.6. The minimum atomic E-state index is -0.549. The van der Waals surface area contributed by atoms with Gasteiger partial charge in [-0.05, 0) is 55.0 Å². The summed E-state index contributed by atoms with van der Waals surface area (Å²) in [7, 11) is 0. The number of nitrogens with zero attached hydrogens (tertiary/aromatic N) is 4. The Labute approximate surface area is 210 Å². The summed E-state index contributed by atoms with van der Waals surface area (Å²) >= 11 is 0. The van der Waals surface area contributed by atoms with E-state index in [9.17, 15) is 4.79 Å². The van der Waals surface area contributed by atoms with Gasteiger partial charge in [-0.1, -0.05) is 25.1 Å². The monoisotopic (exact) mass is 481 g/mol. The molecule has 0 saturated carbocycles. The summed E-state index contributed by atoms with van der Waals surface area (Å²) in [5.74, 6) is 2.04. The van der Waals surface area contributed by atoms with E-state index in [1.165, 1.54) is 0 Å². The number of para-hydroxylation sites is 1. The van der Waals surface area contributed by atoms with Gasteiger partial charge in [-0.2, -0.15) is 0 Å². The Morgan fingerprint density at radius 2 is 1.67 bits per heavy atom. The van der Waals surface area contributed by atoms with Crippen LogP contribution in [-0.2, 0) is 11.2 Å². The lowest BCUT2D eigenvalue weighted by atomic mass is 10.0. The van der Waals surface area contributed by atoms with Gasteiger partial charge in [-0.3, -0.25) is 10.3 Å². The predicted molar refractivity (Wildman–Crippen MR) is 139 cm³/mol. The van der Waals surface area contributed by atoms with Crippen LogP contribution < -0.4 is 15.0 Å². The van der Waals surface area contributed by atoms with Gasteiger partial charge in [0.1, 0.15) is 11.6 Å². The molecule has 3 heterocycles. The first-order valence-corrected chi connectivity index (χ1v) is 12.0. The summed E-state index contributed by atoms with van der Waals surface area (Å²) in [4.78, 5) is 28.7. The van der Waals surface area contributed by atoms with Gasteiger partial charge >= 0.3 is 6.09 Å². The Bertz CT molecular complexity index is 1310. The van der Waals surface area contributed by atoms with Crippen molar-refractivity contribution in [3.8, 4) is 28.4 Å². The SMILES string of the molecule is CCc1c(-c2ccncc2)nc(-c2ccc(NC(=O)Oc3ccccc3)cc2)nc1N1CCOCC1. The molecule has 1 fully saturated rings. The van der Waals surface area contributed by atoms with Crippen molar-refractivity contribution >= 4 is 17.6 Å². The van der Waals surface area contributed by atoms with Crippen LogP contribution in [-0.4, -0.2) is 47.3 Å². The molecule has 0 spiro atoms. The number of morpholine rings is 1. The predicted octanol–water partition coefficient (Wildman–Crippen LogP) is 5.22. The maximum absolute atomic E-state index is 12.2. The molecule has 0 aliphatic carbocycles. The molecule has 1 amide bonds. The first-order valence-electron chi connectivity index (χ1n) is 12.0. The summed E-state index contributed by atoms with van der Waals surface area (Å²) < 4.78 is 10.9. The van der Waals surface area contributed by atoms with Crippen molar-refractivity contribution in [2.75, 3.05) is 36.5 Å². The first-order chi connectivity index (χ1) is 17.7. The second-order valence-corrected chi connectivity index (χ2v) is 8.29. The number of hydrogen-bond donors (Lipinski definition) is 1. The quantitative estimate of drug-likeness (QED) is 0.404. The number of hydrogen-bond acceptors (Lipinski definition) is 7. The van der Waals surface area contributed by atoms with E-state index < -0.39 is 6.09 Å². The van der Waals surface area contributed by atoms with Crippen LogP contribution in [0, 0.1) is 0 Å². The number of pyridine rings is 1. The van der Waals surface area contributed by atoms with Crippen molar-refractivity contribution in [1.82, 2.24) is 15.0 Å². The Hall–Kier alpha value is -4.30. The highest BCUT2D eigenvalue weighted by Gasteiger charge is 2.22. The average Bonchev–Trinajstić information content (AvgIpc) is 2.94. The molecule has 1 aliphatic heterocycles. The fourth-order valence-corrected chi connectivity index (χ4v) is 4.15. The van der Waals surface area contributed by atoms with Crippen molar-refractivity contribution in [2.45, 2.75) is 13.3 Å². The molecule has 182 valence electrons. The number of carbonyl (C=O) groups excluding carboxylic acids is 1. The minimum absolute atomic E-state index is 0.482. The molecule has 0 unspecified atom stereocenters. The largest absolute Gasteiger partial charge is 0.417 e. The van der Waals surface area contributed by atoms with Crippen LogP contribution in [0.1, 0.15) is 12.5 Å². The van der Waals surface area contributed by atoms with Crippen LogP contribution in [0.15, 0.2) is 79.1 Å². The number of nitrogens with one attached hydrogen (secondary N) is 1. The highest BCUT2D eigenvalue weighted by molar-refractivity contribution is 5.86. The van der Waals surface area contributed by atoms with Crippen LogP contribution in [0.5, 0.6) is 5.75 Å². The van der Waals surface area contributed by atoms with Crippen LogP contribution in [0.2, 0.25) is 0 Å². The molecular formula is C28H27N5O3. The van der Waals surface area contributed by atoms with Gasteiger partial charge in [-0.15, -0.1) is 0 Å². The van der Waals surface area contributed by atoms with Gasteiger partial charge < -0.3 is 14.4 Å². The molecule has 8 heteroatoms. The van der Waals surface area contributed by atoms with Gasteiger partial charge in [0.25, 0.3) is 0 Å². The third kappa shape index (κ3) is 5.34. The molecule has 1 N–H and O–H groups in total. The lowest BCUT2D eigenvalue weighted by molar-refractivity contribution is 0.122. The van der Waals surface area contributed by atoms with Gasteiger partial charge in [0.2, 0.25) is 0 Å². The Morgan fingerprint density at radius 3 is 2.36 bits per heavy atom. The number of aromatic nitrogens is 3. The fraction of sp³-hybridized carbons (Fsp3) is 0.214. The van der Waals surface area contributed by atoms with Crippen LogP contribution in [0.25, 0.3) is 22.6 Å². The Balaban J connectivity index is 1.45. The average molecular weight is 482 g/mol. The fourth-order valence-electron chi connectivity index (χ4n) is 4.15. The maximum atomic E-state index is 12.2. The molecule has 5 rings (SSSR count). The smallest absolute Gasteiger partial charge is 0.410 e. The number of carbonyl (C=O) groups is 1. The van der Waals surface area contributed by atoms with Crippen molar-refractivity contribution in [1.29, 1.82) is 0 Å². The zero-order chi connectivity index (χ0) is 24.7. The molecule has 0 atom stereocenters. The van der Waals surface area contributed by atoms with E-state index in [1.807, 2.05) is 54.6 Å². The number of ether oxygens (including phenoxy) is 2. The van der Waals surface area contributed by atoms with E-state index in [0.29, 0.717) is 30.5 Å². The first kappa shape index (κ1) is 23.4. The third-order valence-electron chi connectivity index (χ3n) is 5.95. The lowest BCUT2D eigenvalue weighted by Crippen LogP contribution is -2.37. The lowest BCUT2D eigenvalue weighted by Gasteiger charge is -2.30. The van der Waals surface area contributed by atoms with Gasteiger partial charge in [0.15, 0.2) is 5.82 Å². The van der Waals surface area contributed by atoms with Crippen LogP contribution in [0.3, 0.4) is 0 Å². The van der Waals surface area contributed by atoms with Crippen molar-refractivity contribution in [3.05, 3.63) is 84.7 Å². The van der Waals surface area contributed by atoms with E-state index in [-0.39, 0.29) is 0 Å². The van der Waals surface area contributed by atoms with Gasteiger partial charge in [0.05, 0.1) is 18.9 Å². The normalized spacial score (nSPS) is 13.3. The van der Waals surface area contributed by atoms with E-state index in [4.69, 9.17) is 19.4 Å². The van der Waals surface area contributed by atoms with E-state index in [2.05, 4.69) is 22.1 Å². The summed E-state index contributed by atoms with van der Waals surface area (Å²) in [6.45, 7) is 5.04. The van der Waals surface area contributed by atoms with Crippen molar-refractivity contribution < 1.29 is 14.3 Å². The molecule has 0 bridgehead atoms. The topological polar surface area (TPSA) is 89.5 Å². The zero-order valence-corrected chi connectivity index (χ0v) is 20.1. The van der Waals surface area contributed by atoms with Gasteiger partial charge in [0, 0.05) is 47.9 Å². The van der Waals surface area contributed by atoms with E-state index in [0.717, 1.165) is 47.7 Å². The molecule has 36 heavy (non-hydrogen) atoms. The van der Waals surface area contributed by atoms with Crippen LogP contribution in [0.4, 0.5) is 16.3 Å². The second-order valence-electron chi connectivity index (χ2n) is 8.29. The number of amides is 1. The summed E-state index contributed by atoms with van der Waals surface area (Å²) in [5.41, 5.74) is 4.48. The molecule has 8 nitrogen and oxygen atoms in total. The Morgan fingerprint density at radius 1 is 0.944 bits per heavy atom. The van der Waals surface area contributed by atoms with E-state index >= 15 is 0 Å². The second kappa shape index (κ2) is 11.0. The summed E-state index contributed by atoms with van der Waals surface area (Å²) in [6.07, 6.45) is 3.81. The minimum Gasteiger partial charge on any atom is -0.410 e. The van der Waals surface area contributed by atoms with E-state index in [1.54, 1.807) is 24.5 Å².